The van der Waals surface area contributed by atoms with E-state index in [0.717, 1.165) is 17.2 Å². The molecular formula is C12H19N3OS. The van der Waals surface area contributed by atoms with Crippen LogP contribution in [0.4, 0.5) is 5.69 Å². The van der Waals surface area contributed by atoms with E-state index in [9.17, 15) is 4.79 Å². The van der Waals surface area contributed by atoms with E-state index in [1.54, 1.807) is 12.3 Å². The number of anilines is 1. The van der Waals surface area contributed by atoms with Crippen LogP contribution in [0.25, 0.3) is 0 Å². The van der Waals surface area contributed by atoms with Crippen molar-refractivity contribution < 1.29 is 0 Å². The van der Waals surface area contributed by atoms with Gasteiger partial charge in [0.1, 0.15) is 0 Å². The minimum atomic E-state index is -0.00831. The van der Waals surface area contributed by atoms with Crippen molar-refractivity contribution in [3.63, 3.8) is 0 Å². The Morgan fingerprint density at radius 1 is 1.59 bits per heavy atom. The summed E-state index contributed by atoms with van der Waals surface area (Å²) in [5.74, 6) is 2.02. The number of aryl methyl sites for hydroxylation is 1. The van der Waals surface area contributed by atoms with Crippen molar-refractivity contribution in [2.75, 3.05) is 16.8 Å². The normalized spacial score (nSPS) is 15.6. The van der Waals surface area contributed by atoms with Gasteiger partial charge in [-0.3, -0.25) is 4.79 Å². The maximum Gasteiger partial charge on any atom is 0.268 e. The van der Waals surface area contributed by atoms with Gasteiger partial charge in [-0.15, -0.1) is 0 Å². The number of thioether (sulfide) groups is 1. The molecule has 0 unspecified atom stereocenters. The van der Waals surface area contributed by atoms with Crippen LogP contribution in [0.3, 0.4) is 0 Å². The third kappa shape index (κ3) is 3.49. The molecular weight excluding hydrogens is 234 g/mol. The molecule has 0 aliphatic heterocycles. The van der Waals surface area contributed by atoms with E-state index in [0.29, 0.717) is 12.6 Å². The molecule has 94 valence electrons. The lowest BCUT2D eigenvalue weighted by Gasteiger charge is -2.27. The van der Waals surface area contributed by atoms with Crippen LogP contribution in [0.1, 0.15) is 26.2 Å². The fourth-order valence-corrected chi connectivity index (χ4v) is 2.35. The summed E-state index contributed by atoms with van der Waals surface area (Å²) in [4.78, 5) is 11.8. The van der Waals surface area contributed by atoms with Crippen molar-refractivity contribution in [1.82, 2.24) is 9.78 Å². The van der Waals surface area contributed by atoms with Crippen LogP contribution in [0, 0.1) is 0 Å². The minimum absolute atomic E-state index is 0.00831. The first-order chi connectivity index (χ1) is 8.29. The molecule has 2 rings (SSSR count). The van der Waals surface area contributed by atoms with Crippen LogP contribution >= 0.6 is 11.8 Å². The molecule has 0 spiro atoms. The molecule has 17 heavy (non-hydrogen) atoms. The first kappa shape index (κ1) is 12.5. The van der Waals surface area contributed by atoms with E-state index >= 15 is 0 Å². The van der Waals surface area contributed by atoms with Gasteiger partial charge in [-0.2, -0.15) is 16.9 Å². The molecule has 1 aliphatic rings. The van der Waals surface area contributed by atoms with Gasteiger partial charge in [0.25, 0.3) is 5.56 Å². The summed E-state index contributed by atoms with van der Waals surface area (Å²) in [6.07, 6.45) is 5.46. The highest BCUT2D eigenvalue weighted by atomic mass is 32.2. The minimum Gasteiger partial charge on any atom is -0.381 e. The fraction of sp³-hybridized carbons (Fsp3) is 0.667. The predicted octanol–water partition coefficient (Wildman–Crippen LogP) is 1.96. The number of nitrogens with one attached hydrogen (secondary N) is 1. The third-order valence-electron chi connectivity index (χ3n) is 3.00. The highest BCUT2D eigenvalue weighted by Crippen LogP contribution is 2.21. The Morgan fingerprint density at radius 3 is 3.00 bits per heavy atom. The van der Waals surface area contributed by atoms with E-state index in [2.05, 4.69) is 17.3 Å². The number of nitrogens with zero attached hydrogens (tertiary/aromatic N) is 2. The predicted molar refractivity (Wildman–Crippen MR) is 72.8 cm³/mol. The molecule has 0 saturated heterocycles. The Bertz CT molecular complexity index is 414. The molecule has 0 aromatic carbocycles. The average Bonchev–Trinajstić information content (AvgIpc) is 2.27. The Balaban J connectivity index is 1.93. The SMILES string of the molecule is CCSCCn1ncc(NC2CCC2)cc1=O. The Hall–Kier alpha value is -0.970. The lowest BCUT2D eigenvalue weighted by molar-refractivity contribution is 0.445. The van der Waals surface area contributed by atoms with Gasteiger partial charge in [0.2, 0.25) is 0 Å². The topological polar surface area (TPSA) is 46.9 Å². The first-order valence-corrected chi connectivity index (χ1v) is 7.36. The molecule has 0 amide bonds. The molecule has 1 N–H and O–H groups in total. The molecule has 1 aromatic heterocycles. The van der Waals surface area contributed by atoms with Gasteiger partial charge >= 0.3 is 0 Å². The third-order valence-corrected chi connectivity index (χ3v) is 3.88. The Labute approximate surface area is 106 Å². The average molecular weight is 253 g/mol. The second-order valence-electron chi connectivity index (χ2n) is 4.27. The quantitative estimate of drug-likeness (QED) is 0.787. The van der Waals surface area contributed by atoms with Crippen LogP contribution in [0.2, 0.25) is 0 Å². The molecule has 1 fully saturated rings. The van der Waals surface area contributed by atoms with Crippen LogP contribution in [0.15, 0.2) is 17.1 Å². The first-order valence-electron chi connectivity index (χ1n) is 6.21. The van der Waals surface area contributed by atoms with E-state index in [1.165, 1.54) is 23.9 Å². The van der Waals surface area contributed by atoms with Gasteiger partial charge in [0.15, 0.2) is 0 Å². The zero-order valence-corrected chi connectivity index (χ0v) is 11.0. The van der Waals surface area contributed by atoms with E-state index < -0.39 is 0 Å². The zero-order chi connectivity index (χ0) is 12.1. The van der Waals surface area contributed by atoms with Gasteiger partial charge in [0, 0.05) is 17.9 Å². The number of hydrogen-bond acceptors (Lipinski definition) is 4. The van der Waals surface area contributed by atoms with Crippen molar-refractivity contribution in [2.24, 2.45) is 0 Å². The zero-order valence-electron chi connectivity index (χ0n) is 10.2. The van der Waals surface area contributed by atoms with Crippen molar-refractivity contribution >= 4 is 17.4 Å². The van der Waals surface area contributed by atoms with Crippen LogP contribution < -0.4 is 10.9 Å². The number of rotatable bonds is 6. The lowest BCUT2D eigenvalue weighted by Crippen LogP contribution is -2.29. The lowest BCUT2D eigenvalue weighted by atomic mass is 9.93. The van der Waals surface area contributed by atoms with Gasteiger partial charge in [0.05, 0.1) is 18.4 Å². The molecule has 5 heteroatoms. The molecule has 0 bridgehead atoms. The maximum absolute atomic E-state index is 11.8. The summed E-state index contributed by atoms with van der Waals surface area (Å²) in [7, 11) is 0. The number of hydrogen-bond donors (Lipinski definition) is 1. The maximum atomic E-state index is 11.8. The summed E-state index contributed by atoms with van der Waals surface area (Å²) in [6, 6.07) is 2.20. The molecule has 0 atom stereocenters. The smallest absolute Gasteiger partial charge is 0.268 e. The van der Waals surface area contributed by atoms with Crippen LogP contribution in [-0.2, 0) is 6.54 Å². The molecule has 1 heterocycles. The van der Waals surface area contributed by atoms with E-state index in [1.807, 2.05) is 11.8 Å². The van der Waals surface area contributed by atoms with Crippen LogP contribution in [0.5, 0.6) is 0 Å². The summed E-state index contributed by atoms with van der Waals surface area (Å²) in [5.41, 5.74) is 0.852. The second kappa shape index (κ2) is 6.10. The van der Waals surface area contributed by atoms with E-state index in [-0.39, 0.29) is 5.56 Å². The standard InChI is InChI=1S/C12H19N3OS/c1-2-17-7-6-15-12(16)8-11(9-13-15)14-10-4-3-5-10/h8-10,14H,2-7H2,1H3. The number of aromatic nitrogens is 2. The molecule has 1 aromatic rings. The highest BCUT2D eigenvalue weighted by molar-refractivity contribution is 7.99. The monoisotopic (exact) mass is 253 g/mol. The highest BCUT2D eigenvalue weighted by Gasteiger charge is 2.17. The van der Waals surface area contributed by atoms with Crippen LogP contribution in [-0.4, -0.2) is 27.3 Å². The van der Waals surface area contributed by atoms with Crippen molar-refractivity contribution in [2.45, 2.75) is 38.8 Å². The Morgan fingerprint density at radius 2 is 2.41 bits per heavy atom. The Kier molecular flexibility index (Phi) is 4.48. The van der Waals surface area contributed by atoms with Crippen molar-refractivity contribution in [3.05, 3.63) is 22.6 Å². The van der Waals surface area contributed by atoms with Gasteiger partial charge in [-0.1, -0.05) is 6.92 Å². The summed E-state index contributed by atoms with van der Waals surface area (Å²) in [5, 5.41) is 7.52. The van der Waals surface area contributed by atoms with Gasteiger partial charge in [-0.05, 0) is 25.0 Å². The van der Waals surface area contributed by atoms with E-state index in [4.69, 9.17) is 0 Å². The molecule has 1 aliphatic carbocycles. The molecule has 4 nitrogen and oxygen atoms in total. The van der Waals surface area contributed by atoms with Gasteiger partial charge in [-0.25, -0.2) is 4.68 Å². The second-order valence-corrected chi connectivity index (χ2v) is 5.67. The summed E-state index contributed by atoms with van der Waals surface area (Å²) < 4.78 is 1.54. The van der Waals surface area contributed by atoms with Crippen molar-refractivity contribution in [3.8, 4) is 0 Å². The molecule has 0 radical (unpaired) electrons. The summed E-state index contributed by atoms with van der Waals surface area (Å²) >= 11 is 1.82. The van der Waals surface area contributed by atoms with Crippen molar-refractivity contribution in [1.29, 1.82) is 0 Å². The largest absolute Gasteiger partial charge is 0.381 e. The van der Waals surface area contributed by atoms with Gasteiger partial charge < -0.3 is 5.32 Å². The fourth-order valence-electron chi connectivity index (χ4n) is 1.76. The molecule has 1 saturated carbocycles. The summed E-state index contributed by atoms with van der Waals surface area (Å²) in [6.45, 7) is 2.81.